The van der Waals surface area contributed by atoms with Crippen LogP contribution in [0, 0.1) is 0 Å². The molecule has 1 aromatic heterocycles. The monoisotopic (exact) mass is 319 g/mol. The quantitative estimate of drug-likeness (QED) is 0.836. The van der Waals surface area contributed by atoms with Crippen molar-refractivity contribution in [2.24, 2.45) is 0 Å². The van der Waals surface area contributed by atoms with Gasteiger partial charge < -0.3 is 4.74 Å². The average Bonchev–Trinajstić information content (AvgIpc) is 2.28. The van der Waals surface area contributed by atoms with E-state index >= 15 is 0 Å². The fourth-order valence-electron chi connectivity index (χ4n) is 0.826. The Morgan fingerprint density at radius 1 is 1.59 bits per heavy atom. The summed E-state index contributed by atoms with van der Waals surface area (Å²) in [4.78, 5) is 26.2. The Morgan fingerprint density at radius 3 is 3.00 bits per heavy atom. The number of pyridine rings is 1. The van der Waals surface area contributed by atoms with Crippen LogP contribution in [-0.4, -0.2) is 23.7 Å². The van der Waals surface area contributed by atoms with Crippen LogP contribution in [0.3, 0.4) is 0 Å². The van der Waals surface area contributed by atoms with E-state index in [-0.39, 0.29) is 6.61 Å². The first kappa shape index (κ1) is 13.8. The first-order valence-electron chi connectivity index (χ1n) is 4.64. The smallest absolute Gasteiger partial charge is 0.415 e. The number of carbonyl (C=O) groups is 2. The van der Waals surface area contributed by atoms with Gasteiger partial charge in [-0.2, -0.15) is 0 Å². The van der Waals surface area contributed by atoms with Gasteiger partial charge in [0, 0.05) is 18.1 Å². The van der Waals surface area contributed by atoms with Gasteiger partial charge in [-0.3, -0.25) is 4.72 Å². The average molecular weight is 320 g/mol. The van der Waals surface area contributed by atoms with E-state index in [9.17, 15) is 9.59 Å². The van der Waals surface area contributed by atoms with Crippen molar-refractivity contribution in [1.29, 1.82) is 0 Å². The number of rotatable bonds is 3. The standard InChI is InChI=1S/C9H10BrN3O3S/c1-2-16-9(15)12-8(14)13-17-7-6(10)4-3-5-11-7/h3-5H,2H2,1H3,(H2,12,13,14,15). The Hall–Kier alpha value is -1.28. The van der Waals surface area contributed by atoms with E-state index in [4.69, 9.17) is 0 Å². The van der Waals surface area contributed by atoms with E-state index < -0.39 is 12.1 Å². The maximum absolute atomic E-state index is 11.2. The number of imide groups is 1. The summed E-state index contributed by atoms with van der Waals surface area (Å²) >= 11 is 4.26. The molecule has 0 aromatic carbocycles. The van der Waals surface area contributed by atoms with Gasteiger partial charge in [0.05, 0.1) is 11.1 Å². The second-order valence-electron chi connectivity index (χ2n) is 2.67. The lowest BCUT2D eigenvalue weighted by Crippen LogP contribution is -2.36. The molecule has 3 amide bonds. The maximum atomic E-state index is 11.2. The molecule has 8 heteroatoms. The highest BCUT2D eigenvalue weighted by Crippen LogP contribution is 2.21. The summed E-state index contributed by atoms with van der Waals surface area (Å²) in [5.74, 6) is 0. The normalized spacial score (nSPS) is 9.53. The lowest BCUT2D eigenvalue weighted by Gasteiger charge is -2.06. The Kier molecular flexibility index (Phi) is 5.78. The number of ether oxygens (including phenoxy) is 1. The van der Waals surface area contributed by atoms with Crippen LogP contribution in [0.15, 0.2) is 27.8 Å². The van der Waals surface area contributed by atoms with Gasteiger partial charge in [-0.05, 0) is 35.0 Å². The molecule has 6 nitrogen and oxygen atoms in total. The summed E-state index contributed by atoms with van der Waals surface area (Å²) in [5.41, 5.74) is 0. The minimum Gasteiger partial charge on any atom is -0.450 e. The van der Waals surface area contributed by atoms with Gasteiger partial charge in [-0.1, -0.05) is 0 Å². The third-order valence-electron chi connectivity index (χ3n) is 1.46. The van der Waals surface area contributed by atoms with Crippen LogP contribution >= 0.6 is 27.9 Å². The van der Waals surface area contributed by atoms with Crippen molar-refractivity contribution in [3.63, 3.8) is 0 Å². The van der Waals surface area contributed by atoms with Crippen molar-refractivity contribution < 1.29 is 14.3 Å². The lowest BCUT2D eigenvalue weighted by atomic mass is 10.5. The highest BCUT2D eigenvalue weighted by molar-refractivity contribution is 9.10. The van der Waals surface area contributed by atoms with Crippen LogP contribution in [0.5, 0.6) is 0 Å². The van der Waals surface area contributed by atoms with E-state index in [1.807, 2.05) is 5.32 Å². The zero-order valence-electron chi connectivity index (χ0n) is 8.90. The van der Waals surface area contributed by atoms with Gasteiger partial charge >= 0.3 is 12.1 Å². The summed E-state index contributed by atoms with van der Waals surface area (Å²) in [6.07, 6.45) is 0.809. The number of amides is 3. The van der Waals surface area contributed by atoms with E-state index in [1.54, 1.807) is 25.3 Å². The molecule has 0 aliphatic heterocycles. The fourth-order valence-corrected chi connectivity index (χ4v) is 1.84. The van der Waals surface area contributed by atoms with Crippen molar-refractivity contribution in [3.8, 4) is 0 Å². The van der Waals surface area contributed by atoms with Crippen LogP contribution in [0.25, 0.3) is 0 Å². The first-order chi connectivity index (χ1) is 8.13. The predicted octanol–water partition coefficient (Wildman–Crippen LogP) is 2.31. The molecule has 1 rings (SSSR count). The van der Waals surface area contributed by atoms with Gasteiger partial charge in [-0.25, -0.2) is 19.9 Å². The molecule has 0 saturated carbocycles. The maximum Gasteiger partial charge on any atom is 0.415 e. The molecular formula is C9H10BrN3O3S. The van der Waals surface area contributed by atoms with Crippen LogP contribution in [0.2, 0.25) is 0 Å². The molecule has 0 bridgehead atoms. The number of carbonyl (C=O) groups excluding carboxylic acids is 2. The van der Waals surface area contributed by atoms with E-state index in [2.05, 4.69) is 30.4 Å². The van der Waals surface area contributed by atoms with Crippen molar-refractivity contribution in [1.82, 2.24) is 15.0 Å². The highest BCUT2D eigenvalue weighted by Gasteiger charge is 2.09. The van der Waals surface area contributed by atoms with Gasteiger partial charge in [0.15, 0.2) is 0 Å². The zero-order chi connectivity index (χ0) is 12.7. The molecular weight excluding hydrogens is 310 g/mol. The number of urea groups is 1. The van der Waals surface area contributed by atoms with Gasteiger partial charge in [0.1, 0.15) is 5.03 Å². The van der Waals surface area contributed by atoms with E-state index in [0.29, 0.717) is 5.03 Å². The number of hydrogen-bond acceptors (Lipinski definition) is 5. The number of nitrogens with zero attached hydrogens (tertiary/aromatic N) is 1. The largest absolute Gasteiger partial charge is 0.450 e. The second-order valence-corrected chi connectivity index (χ2v) is 4.32. The second kappa shape index (κ2) is 7.13. The number of aromatic nitrogens is 1. The molecule has 0 aliphatic carbocycles. The Balaban J connectivity index is 2.38. The number of nitrogens with one attached hydrogen (secondary N) is 2. The van der Waals surface area contributed by atoms with E-state index in [0.717, 1.165) is 16.4 Å². The number of hydrogen-bond donors (Lipinski definition) is 2. The number of halogens is 1. The molecule has 0 saturated heterocycles. The molecule has 17 heavy (non-hydrogen) atoms. The fraction of sp³-hybridized carbons (Fsp3) is 0.222. The van der Waals surface area contributed by atoms with Gasteiger partial charge in [0.25, 0.3) is 0 Å². The van der Waals surface area contributed by atoms with Gasteiger partial charge in [-0.15, -0.1) is 0 Å². The Labute approximate surface area is 111 Å². The van der Waals surface area contributed by atoms with Crippen molar-refractivity contribution in [2.45, 2.75) is 11.9 Å². The van der Waals surface area contributed by atoms with Crippen LogP contribution < -0.4 is 10.0 Å². The molecule has 2 N–H and O–H groups in total. The molecule has 0 fully saturated rings. The SMILES string of the molecule is CCOC(=O)NC(=O)NSc1ncccc1Br. The van der Waals surface area contributed by atoms with Crippen LogP contribution in [0.4, 0.5) is 9.59 Å². The Morgan fingerprint density at radius 2 is 2.35 bits per heavy atom. The summed E-state index contributed by atoms with van der Waals surface area (Å²) in [6.45, 7) is 1.86. The van der Waals surface area contributed by atoms with Gasteiger partial charge in [0.2, 0.25) is 0 Å². The number of alkyl carbamates (subject to hydrolysis) is 1. The molecule has 0 radical (unpaired) electrons. The molecule has 92 valence electrons. The molecule has 0 aliphatic rings. The van der Waals surface area contributed by atoms with Crippen molar-refractivity contribution >= 4 is 40.0 Å². The molecule has 0 spiro atoms. The minimum atomic E-state index is -0.786. The molecule has 0 atom stereocenters. The molecule has 1 aromatic rings. The van der Waals surface area contributed by atoms with Crippen LogP contribution in [0.1, 0.15) is 6.92 Å². The first-order valence-corrected chi connectivity index (χ1v) is 6.25. The topological polar surface area (TPSA) is 80.3 Å². The molecule has 0 unspecified atom stereocenters. The lowest BCUT2D eigenvalue weighted by molar-refractivity contribution is 0.153. The van der Waals surface area contributed by atoms with Crippen molar-refractivity contribution in [2.75, 3.05) is 6.61 Å². The third-order valence-corrected chi connectivity index (χ3v) is 3.16. The zero-order valence-corrected chi connectivity index (χ0v) is 11.3. The Bertz CT molecular complexity index is 416. The van der Waals surface area contributed by atoms with Crippen molar-refractivity contribution in [3.05, 3.63) is 22.8 Å². The van der Waals surface area contributed by atoms with Crippen LogP contribution in [-0.2, 0) is 4.74 Å². The highest BCUT2D eigenvalue weighted by atomic mass is 79.9. The molecule has 1 heterocycles. The minimum absolute atomic E-state index is 0.206. The summed E-state index contributed by atoms with van der Waals surface area (Å²) in [6, 6.07) is 2.89. The summed E-state index contributed by atoms with van der Waals surface area (Å²) < 4.78 is 7.70. The predicted molar refractivity (Wildman–Crippen MR) is 66.5 cm³/mol. The summed E-state index contributed by atoms with van der Waals surface area (Å²) in [7, 11) is 0. The van der Waals surface area contributed by atoms with E-state index in [1.165, 1.54) is 0 Å². The summed E-state index contributed by atoms with van der Waals surface area (Å²) in [5, 5.41) is 2.58. The third kappa shape index (κ3) is 5.05.